The summed E-state index contributed by atoms with van der Waals surface area (Å²) in [4.78, 5) is 16.0. The van der Waals surface area contributed by atoms with Crippen molar-refractivity contribution in [2.45, 2.75) is 33.2 Å². The van der Waals surface area contributed by atoms with E-state index in [-0.39, 0.29) is 35.7 Å². The van der Waals surface area contributed by atoms with Crippen LogP contribution >= 0.6 is 24.0 Å². The standard InChI is InChI=1S/C22H27FN4O2.HI/c1-3-24-22(26-14-16-4-7-19(23)15(2)12-16)25-10-11-29-18-6-8-20-17(13-18)5-9-21(28)27-20;/h4,6-8,12-13H,3,5,9-11,14H2,1-2H3,(H,27,28)(H2,24,25,26);1H. The summed E-state index contributed by atoms with van der Waals surface area (Å²) in [6.07, 6.45) is 1.24. The Hall–Kier alpha value is -2.36. The van der Waals surface area contributed by atoms with Gasteiger partial charge in [0.15, 0.2) is 5.96 Å². The van der Waals surface area contributed by atoms with E-state index >= 15 is 0 Å². The number of rotatable bonds is 7. The number of carbonyl (C=O) groups excluding carboxylic acids is 1. The van der Waals surface area contributed by atoms with Gasteiger partial charge in [0.25, 0.3) is 0 Å². The molecule has 2 aromatic carbocycles. The molecule has 0 aliphatic carbocycles. The van der Waals surface area contributed by atoms with E-state index < -0.39 is 0 Å². The molecule has 3 N–H and O–H groups in total. The molecule has 30 heavy (non-hydrogen) atoms. The molecule has 0 atom stereocenters. The van der Waals surface area contributed by atoms with Gasteiger partial charge in [-0.15, -0.1) is 24.0 Å². The second-order valence-corrected chi connectivity index (χ2v) is 6.92. The quantitative estimate of drug-likeness (QED) is 0.222. The minimum Gasteiger partial charge on any atom is -0.492 e. The summed E-state index contributed by atoms with van der Waals surface area (Å²) < 4.78 is 19.2. The van der Waals surface area contributed by atoms with Crippen LogP contribution in [-0.4, -0.2) is 31.6 Å². The molecular formula is C22H28FIN4O2. The van der Waals surface area contributed by atoms with E-state index in [2.05, 4.69) is 20.9 Å². The van der Waals surface area contributed by atoms with Gasteiger partial charge in [-0.05, 0) is 61.2 Å². The maximum absolute atomic E-state index is 13.4. The Kier molecular flexibility index (Phi) is 9.35. The van der Waals surface area contributed by atoms with Gasteiger partial charge in [-0.1, -0.05) is 12.1 Å². The summed E-state index contributed by atoms with van der Waals surface area (Å²) in [7, 11) is 0. The molecule has 0 saturated carbocycles. The molecular weight excluding hydrogens is 498 g/mol. The van der Waals surface area contributed by atoms with Crippen molar-refractivity contribution < 1.29 is 13.9 Å². The molecule has 3 rings (SSSR count). The van der Waals surface area contributed by atoms with Crippen LogP contribution in [0.2, 0.25) is 0 Å². The Morgan fingerprint density at radius 1 is 1.20 bits per heavy atom. The molecule has 0 aromatic heterocycles. The van der Waals surface area contributed by atoms with Gasteiger partial charge in [0.1, 0.15) is 18.2 Å². The van der Waals surface area contributed by atoms with Gasteiger partial charge in [-0.25, -0.2) is 9.38 Å². The number of amides is 1. The Bertz CT molecular complexity index is 905. The minimum absolute atomic E-state index is 0. The van der Waals surface area contributed by atoms with E-state index in [4.69, 9.17) is 4.74 Å². The number of aryl methyl sites for hydroxylation is 2. The third-order valence-electron chi connectivity index (χ3n) is 4.62. The number of benzene rings is 2. The number of hydrogen-bond acceptors (Lipinski definition) is 3. The molecule has 1 heterocycles. The molecule has 1 amide bonds. The lowest BCUT2D eigenvalue weighted by Gasteiger charge is -2.18. The highest BCUT2D eigenvalue weighted by Crippen LogP contribution is 2.26. The number of aliphatic imine (C=N–C) groups is 1. The zero-order valence-electron chi connectivity index (χ0n) is 17.3. The van der Waals surface area contributed by atoms with Gasteiger partial charge in [-0.3, -0.25) is 4.79 Å². The highest BCUT2D eigenvalue weighted by Gasteiger charge is 2.14. The molecule has 0 spiro atoms. The topological polar surface area (TPSA) is 74.8 Å². The second kappa shape index (κ2) is 11.7. The zero-order chi connectivity index (χ0) is 20.6. The number of carbonyl (C=O) groups is 1. The number of hydrogen-bond donors (Lipinski definition) is 3. The van der Waals surface area contributed by atoms with Crippen molar-refractivity contribution in [1.29, 1.82) is 0 Å². The van der Waals surface area contributed by atoms with Gasteiger partial charge < -0.3 is 20.7 Å². The lowest BCUT2D eigenvalue weighted by Crippen LogP contribution is -2.39. The van der Waals surface area contributed by atoms with Crippen molar-refractivity contribution in [3.63, 3.8) is 0 Å². The number of ether oxygens (including phenoxy) is 1. The summed E-state index contributed by atoms with van der Waals surface area (Å²) >= 11 is 0. The number of anilines is 1. The Morgan fingerprint density at radius 3 is 2.80 bits per heavy atom. The molecule has 8 heteroatoms. The monoisotopic (exact) mass is 526 g/mol. The van der Waals surface area contributed by atoms with Gasteiger partial charge in [0.05, 0.1) is 13.1 Å². The predicted octanol–water partition coefficient (Wildman–Crippen LogP) is 3.77. The van der Waals surface area contributed by atoms with E-state index in [9.17, 15) is 9.18 Å². The smallest absolute Gasteiger partial charge is 0.224 e. The number of halogens is 2. The van der Waals surface area contributed by atoms with E-state index in [1.807, 2.05) is 31.2 Å². The van der Waals surface area contributed by atoms with E-state index in [1.54, 1.807) is 13.0 Å². The first kappa shape index (κ1) is 23.9. The predicted molar refractivity (Wildman–Crippen MR) is 128 cm³/mol. The van der Waals surface area contributed by atoms with Crippen LogP contribution in [0.25, 0.3) is 0 Å². The van der Waals surface area contributed by atoms with Crippen LogP contribution in [0.3, 0.4) is 0 Å². The van der Waals surface area contributed by atoms with Crippen molar-refractivity contribution in [2.75, 3.05) is 25.0 Å². The molecule has 1 aliphatic heterocycles. The second-order valence-electron chi connectivity index (χ2n) is 6.92. The number of guanidine groups is 1. The molecule has 162 valence electrons. The van der Waals surface area contributed by atoms with E-state index in [0.29, 0.717) is 37.6 Å². The van der Waals surface area contributed by atoms with Crippen molar-refractivity contribution in [2.24, 2.45) is 4.99 Å². The molecule has 2 aromatic rings. The van der Waals surface area contributed by atoms with Crippen LogP contribution < -0.4 is 20.7 Å². The molecule has 0 fully saturated rings. The van der Waals surface area contributed by atoms with Crippen molar-refractivity contribution in [3.8, 4) is 5.75 Å². The third kappa shape index (κ3) is 6.86. The van der Waals surface area contributed by atoms with Crippen LogP contribution in [0.5, 0.6) is 5.75 Å². The Labute approximate surface area is 193 Å². The van der Waals surface area contributed by atoms with Crippen molar-refractivity contribution in [3.05, 3.63) is 58.9 Å². The van der Waals surface area contributed by atoms with Crippen molar-refractivity contribution in [1.82, 2.24) is 10.6 Å². The summed E-state index contributed by atoms with van der Waals surface area (Å²) in [5.74, 6) is 1.32. The zero-order valence-corrected chi connectivity index (χ0v) is 19.6. The van der Waals surface area contributed by atoms with Gasteiger partial charge in [0, 0.05) is 18.7 Å². The average molecular weight is 526 g/mol. The van der Waals surface area contributed by atoms with Crippen LogP contribution in [-0.2, 0) is 17.8 Å². The largest absolute Gasteiger partial charge is 0.492 e. The van der Waals surface area contributed by atoms with Crippen molar-refractivity contribution >= 4 is 41.5 Å². The lowest BCUT2D eigenvalue weighted by molar-refractivity contribution is -0.116. The summed E-state index contributed by atoms with van der Waals surface area (Å²) in [5, 5.41) is 9.30. The highest BCUT2D eigenvalue weighted by molar-refractivity contribution is 14.0. The van der Waals surface area contributed by atoms with E-state index in [0.717, 1.165) is 35.5 Å². The number of nitrogens with zero attached hydrogens (tertiary/aromatic N) is 1. The normalized spacial score (nSPS) is 13.0. The summed E-state index contributed by atoms with van der Waals surface area (Å²) in [6.45, 7) is 6.02. The van der Waals surface area contributed by atoms with Gasteiger partial charge in [0.2, 0.25) is 5.91 Å². The van der Waals surface area contributed by atoms with Gasteiger partial charge >= 0.3 is 0 Å². The number of fused-ring (bicyclic) bond motifs is 1. The molecule has 1 aliphatic rings. The Morgan fingerprint density at radius 2 is 2.03 bits per heavy atom. The molecule has 6 nitrogen and oxygen atoms in total. The van der Waals surface area contributed by atoms with Crippen LogP contribution in [0, 0.1) is 12.7 Å². The third-order valence-corrected chi connectivity index (χ3v) is 4.62. The minimum atomic E-state index is -0.204. The maximum Gasteiger partial charge on any atom is 0.224 e. The summed E-state index contributed by atoms with van der Waals surface area (Å²) in [5.41, 5.74) is 3.54. The molecule has 0 unspecified atom stereocenters. The highest BCUT2D eigenvalue weighted by atomic mass is 127. The first-order valence-corrected chi connectivity index (χ1v) is 9.88. The fourth-order valence-corrected chi connectivity index (χ4v) is 3.11. The fourth-order valence-electron chi connectivity index (χ4n) is 3.11. The lowest BCUT2D eigenvalue weighted by atomic mass is 10.0. The SMILES string of the molecule is CCNC(=NCc1ccc(F)c(C)c1)NCCOc1ccc2c(c1)CCC(=O)N2.I. The molecule has 0 bridgehead atoms. The number of nitrogens with one attached hydrogen (secondary N) is 3. The van der Waals surface area contributed by atoms with E-state index in [1.165, 1.54) is 6.07 Å². The van der Waals surface area contributed by atoms with Crippen LogP contribution in [0.4, 0.5) is 10.1 Å². The maximum atomic E-state index is 13.4. The first-order valence-electron chi connectivity index (χ1n) is 9.88. The average Bonchev–Trinajstić information content (AvgIpc) is 2.71. The fraction of sp³-hybridized carbons (Fsp3) is 0.364. The van der Waals surface area contributed by atoms with Gasteiger partial charge in [-0.2, -0.15) is 0 Å². The Balaban J connectivity index is 0.00000320. The summed E-state index contributed by atoms with van der Waals surface area (Å²) in [6, 6.07) is 10.7. The molecule has 0 saturated heterocycles. The first-order chi connectivity index (χ1) is 14.0. The van der Waals surface area contributed by atoms with Crippen LogP contribution in [0.1, 0.15) is 30.0 Å². The molecule has 0 radical (unpaired) electrons. The van der Waals surface area contributed by atoms with Crippen LogP contribution in [0.15, 0.2) is 41.4 Å².